The van der Waals surface area contributed by atoms with E-state index in [2.05, 4.69) is 37.2 Å². The molecule has 9 heteroatoms. The van der Waals surface area contributed by atoms with Gasteiger partial charge in [-0.15, -0.1) is 0 Å². The van der Waals surface area contributed by atoms with Gasteiger partial charge in [0.05, 0.1) is 7.11 Å². The lowest BCUT2D eigenvalue weighted by molar-refractivity contribution is -0.119. The number of nitrogens with one attached hydrogen (secondary N) is 1. The molecule has 2 amide bonds. The van der Waals surface area contributed by atoms with Gasteiger partial charge in [-0.25, -0.2) is 4.79 Å². The third-order valence-corrected chi connectivity index (χ3v) is 5.15. The van der Waals surface area contributed by atoms with Gasteiger partial charge in [-0.1, -0.05) is 31.9 Å². The number of halogens is 2. The Balaban J connectivity index is 1.92. The number of nitrogens with two attached hydrogens (primary N) is 1. The number of methoxy groups -OCH3 is 1. The Hall–Kier alpha value is -2.65. The van der Waals surface area contributed by atoms with E-state index in [1.165, 1.54) is 13.2 Å². The summed E-state index contributed by atoms with van der Waals surface area (Å²) in [5, 5.41) is 3.25. The molecule has 0 saturated carbocycles. The second-order valence-corrected chi connectivity index (χ2v) is 8.07. The maximum atomic E-state index is 12.6. The van der Waals surface area contributed by atoms with Crippen LogP contribution in [0.2, 0.25) is 0 Å². The van der Waals surface area contributed by atoms with E-state index in [0.29, 0.717) is 36.8 Å². The minimum Gasteiger partial charge on any atom is -0.497 e. The lowest BCUT2D eigenvalue weighted by Crippen LogP contribution is -2.46. The first-order chi connectivity index (χ1) is 13.8. The van der Waals surface area contributed by atoms with Crippen LogP contribution in [-0.2, 0) is 11.2 Å². The Morgan fingerprint density at radius 2 is 1.83 bits per heavy atom. The second kappa shape index (κ2) is 8.79. The fraction of sp³-hybridized carbons (Fsp3) is 0.150. The lowest BCUT2D eigenvalue weighted by atomic mass is 10.0. The highest BCUT2D eigenvalue weighted by molar-refractivity contribution is 9.11. The molecular formula is C20H16Br2N2O5. The molecule has 3 aromatic rings. The van der Waals surface area contributed by atoms with E-state index >= 15 is 0 Å². The zero-order valence-electron chi connectivity index (χ0n) is 15.2. The maximum absolute atomic E-state index is 12.6. The van der Waals surface area contributed by atoms with E-state index in [1.807, 2.05) is 0 Å². The van der Waals surface area contributed by atoms with Crippen molar-refractivity contribution in [3.8, 4) is 5.75 Å². The number of fused-ring (bicyclic) bond motifs is 1. The van der Waals surface area contributed by atoms with Gasteiger partial charge in [0.15, 0.2) is 0 Å². The number of primary amides is 1. The highest BCUT2D eigenvalue weighted by Crippen LogP contribution is 2.24. The summed E-state index contributed by atoms with van der Waals surface area (Å²) in [5.41, 5.74) is 6.12. The van der Waals surface area contributed by atoms with Gasteiger partial charge in [-0.3, -0.25) is 9.59 Å². The quantitative estimate of drug-likeness (QED) is 0.482. The number of hydrogen-bond acceptors (Lipinski definition) is 5. The van der Waals surface area contributed by atoms with Crippen molar-refractivity contribution in [2.45, 2.75) is 12.5 Å². The van der Waals surface area contributed by atoms with Gasteiger partial charge in [0.1, 0.15) is 17.4 Å². The van der Waals surface area contributed by atoms with Crippen molar-refractivity contribution in [1.29, 1.82) is 0 Å². The van der Waals surface area contributed by atoms with Crippen LogP contribution in [0.1, 0.15) is 15.9 Å². The van der Waals surface area contributed by atoms with E-state index in [-0.39, 0.29) is 6.42 Å². The molecule has 0 saturated heterocycles. The van der Waals surface area contributed by atoms with Gasteiger partial charge in [0.2, 0.25) is 5.91 Å². The Kier molecular flexibility index (Phi) is 6.39. The number of benzene rings is 2. The minimum absolute atomic E-state index is 0.0324. The fourth-order valence-corrected chi connectivity index (χ4v) is 4.17. The molecule has 1 aromatic heterocycles. The summed E-state index contributed by atoms with van der Waals surface area (Å²) in [7, 11) is 1.50. The van der Waals surface area contributed by atoms with Crippen LogP contribution in [0, 0.1) is 0 Å². The Morgan fingerprint density at radius 3 is 2.45 bits per heavy atom. The zero-order chi connectivity index (χ0) is 21.1. The number of carbonyl (C=O) groups is 2. The summed E-state index contributed by atoms with van der Waals surface area (Å²) in [6.07, 6.45) is 0.0324. The number of hydrogen-bond donors (Lipinski definition) is 2. The number of rotatable bonds is 6. The molecule has 150 valence electrons. The van der Waals surface area contributed by atoms with Crippen LogP contribution in [0.15, 0.2) is 60.6 Å². The van der Waals surface area contributed by atoms with Crippen LogP contribution in [0.3, 0.4) is 0 Å². The fourth-order valence-electron chi connectivity index (χ4n) is 2.88. The van der Waals surface area contributed by atoms with Crippen molar-refractivity contribution >= 4 is 54.6 Å². The third-order valence-electron chi connectivity index (χ3n) is 4.23. The van der Waals surface area contributed by atoms with Gasteiger partial charge in [0.25, 0.3) is 5.91 Å². The van der Waals surface area contributed by atoms with E-state index < -0.39 is 23.5 Å². The highest BCUT2D eigenvalue weighted by Gasteiger charge is 2.22. The normalized spacial score (nSPS) is 11.8. The predicted octanol–water partition coefficient (Wildman–Crippen LogP) is 3.15. The molecule has 3 rings (SSSR count). The molecule has 0 fully saturated rings. The van der Waals surface area contributed by atoms with Crippen molar-refractivity contribution in [2.24, 2.45) is 5.73 Å². The average molecular weight is 524 g/mol. The molecule has 7 nitrogen and oxygen atoms in total. The predicted molar refractivity (Wildman–Crippen MR) is 115 cm³/mol. The lowest BCUT2D eigenvalue weighted by Gasteiger charge is -2.17. The van der Waals surface area contributed by atoms with Gasteiger partial charge in [-0.05, 0) is 35.9 Å². The van der Waals surface area contributed by atoms with Crippen molar-refractivity contribution in [3.05, 3.63) is 73.0 Å². The highest BCUT2D eigenvalue weighted by atomic mass is 79.9. The summed E-state index contributed by atoms with van der Waals surface area (Å²) < 4.78 is 11.8. The molecule has 0 aliphatic carbocycles. The Morgan fingerprint density at radius 1 is 1.14 bits per heavy atom. The molecule has 2 aromatic carbocycles. The molecule has 3 N–H and O–H groups in total. The summed E-state index contributed by atoms with van der Waals surface area (Å²) in [4.78, 5) is 36.6. The molecular weight excluding hydrogens is 508 g/mol. The van der Waals surface area contributed by atoms with E-state index in [1.54, 1.807) is 36.4 Å². The van der Waals surface area contributed by atoms with Crippen LogP contribution in [0.4, 0.5) is 0 Å². The van der Waals surface area contributed by atoms with Gasteiger partial charge < -0.3 is 20.2 Å². The molecule has 0 aliphatic rings. The Labute approximate surface area is 182 Å². The standard InChI is InChI=1S/C20H16Br2N2O5/c1-28-14-2-3-15-10(7-18(25)29-17(15)9-14)6-16(19(23)26)24-20(27)11-4-12(21)8-13(22)5-11/h2-5,7-9,16H,6H2,1H3,(H2,23,26)(H,24,27)/t16-/m0/s1. The molecule has 29 heavy (non-hydrogen) atoms. The molecule has 1 heterocycles. The molecule has 1 atom stereocenters. The van der Waals surface area contributed by atoms with Crippen molar-refractivity contribution in [1.82, 2.24) is 5.32 Å². The summed E-state index contributed by atoms with van der Waals surface area (Å²) >= 11 is 6.64. The topological polar surface area (TPSA) is 112 Å². The maximum Gasteiger partial charge on any atom is 0.336 e. The summed E-state index contributed by atoms with van der Waals surface area (Å²) in [6, 6.07) is 10.3. The molecule has 0 spiro atoms. The van der Waals surface area contributed by atoms with E-state index in [4.69, 9.17) is 14.9 Å². The van der Waals surface area contributed by atoms with E-state index in [0.717, 1.165) is 0 Å². The number of amides is 2. The van der Waals surface area contributed by atoms with Crippen molar-refractivity contribution < 1.29 is 18.7 Å². The van der Waals surface area contributed by atoms with Crippen LogP contribution >= 0.6 is 31.9 Å². The zero-order valence-corrected chi connectivity index (χ0v) is 18.4. The summed E-state index contributed by atoms with van der Waals surface area (Å²) in [6.45, 7) is 0. The first-order valence-corrected chi connectivity index (χ1v) is 10.0. The first kappa shape index (κ1) is 21.1. The van der Waals surface area contributed by atoms with Crippen LogP contribution in [0.5, 0.6) is 5.75 Å². The van der Waals surface area contributed by atoms with Gasteiger partial charge in [0, 0.05) is 38.4 Å². The van der Waals surface area contributed by atoms with Crippen molar-refractivity contribution in [2.75, 3.05) is 7.11 Å². The Bertz CT molecular complexity index is 1140. The average Bonchev–Trinajstić information content (AvgIpc) is 2.65. The third kappa shape index (κ3) is 5.04. The van der Waals surface area contributed by atoms with Gasteiger partial charge >= 0.3 is 5.63 Å². The van der Waals surface area contributed by atoms with Crippen LogP contribution in [0.25, 0.3) is 11.0 Å². The largest absolute Gasteiger partial charge is 0.497 e. The second-order valence-electron chi connectivity index (χ2n) is 6.24. The number of carbonyl (C=O) groups excluding carboxylic acids is 2. The molecule has 0 aliphatic heterocycles. The van der Waals surface area contributed by atoms with Crippen molar-refractivity contribution in [3.63, 3.8) is 0 Å². The van der Waals surface area contributed by atoms with E-state index in [9.17, 15) is 14.4 Å². The first-order valence-electron chi connectivity index (χ1n) is 8.44. The summed E-state index contributed by atoms with van der Waals surface area (Å²) in [5.74, 6) is -0.662. The molecule has 0 radical (unpaired) electrons. The minimum atomic E-state index is -1.02. The van der Waals surface area contributed by atoms with Crippen LogP contribution in [-0.4, -0.2) is 25.0 Å². The van der Waals surface area contributed by atoms with Crippen LogP contribution < -0.4 is 21.4 Å². The number of ether oxygens (including phenoxy) is 1. The van der Waals surface area contributed by atoms with Gasteiger partial charge in [-0.2, -0.15) is 0 Å². The SMILES string of the molecule is COc1ccc2c(C[C@H](NC(=O)c3cc(Br)cc(Br)c3)C(N)=O)cc(=O)oc2c1. The smallest absolute Gasteiger partial charge is 0.336 e. The molecule has 0 unspecified atom stereocenters. The monoisotopic (exact) mass is 522 g/mol. The molecule has 0 bridgehead atoms.